The quantitative estimate of drug-likeness (QED) is 0.567. The second-order valence-electron chi connectivity index (χ2n) is 4.79. The molecule has 0 aliphatic rings. The van der Waals surface area contributed by atoms with E-state index in [1.807, 2.05) is 43.3 Å². The predicted molar refractivity (Wildman–Crippen MR) is 79.4 cm³/mol. The molecule has 0 bridgehead atoms. The van der Waals surface area contributed by atoms with Gasteiger partial charge in [0.25, 0.3) is 0 Å². The molecule has 3 rings (SSSR count). The minimum Gasteiger partial charge on any atom is -0.339 e. The van der Waals surface area contributed by atoms with E-state index in [9.17, 15) is 0 Å². The molecule has 0 saturated carbocycles. The number of rotatable bonds is 4. The molecule has 0 aliphatic heterocycles. The van der Waals surface area contributed by atoms with Crippen LogP contribution in [0.5, 0.6) is 0 Å². The Kier molecular flexibility index (Phi) is 3.77. The highest BCUT2D eigenvalue weighted by Gasteiger charge is 2.13. The van der Waals surface area contributed by atoms with E-state index >= 15 is 0 Å². The Morgan fingerprint density at radius 3 is 2.62 bits per heavy atom. The van der Waals surface area contributed by atoms with Crippen LogP contribution in [0.15, 0.2) is 48.8 Å². The lowest BCUT2D eigenvalue weighted by atomic mass is 10.1. The Hall–Kier alpha value is -2.50. The fourth-order valence-corrected chi connectivity index (χ4v) is 2.17. The molecule has 106 valence electrons. The van der Waals surface area contributed by atoms with E-state index in [1.54, 1.807) is 12.4 Å². The Labute approximate surface area is 122 Å². The van der Waals surface area contributed by atoms with Gasteiger partial charge in [0.15, 0.2) is 0 Å². The van der Waals surface area contributed by atoms with Gasteiger partial charge < -0.3 is 4.98 Å². The molecule has 2 N–H and O–H groups in total. The maximum absolute atomic E-state index is 8.75. The van der Waals surface area contributed by atoms with E-state index in [2.05, 4.69) is 19.8 Å². The number of nitrogens with one attached hydrogen (secondary N) is 1. The number of aromatic amines is 1. The average molecular weight is 281 g/mol. The zero-order chi connectivity index (χ0) is 14.7. The summed E-state index contributed by atoms with van der Waals surface area (Å²) < 4.78 is 0. The predicted octanol–water partition coefficient (Wildman–Crippen LogP) is 3.44. The second kappa shape index (κ2) is 5.87. The number of hydrogen-bond acceptors (Lipinski definition) is 4. The number of nitrogens with zero attached hydrogens (tertiary/aromatic N) is 2. The highest BCUT2D eigenvalue weighted by Crippen LogP contribution is 2.26. The van der Waals surface area contributed by atoms with Gasteiger partial charge in [0, 0.05) is 23.5 Å². The number of benzene rings is 1. The van der Waals surface area contributed by atoms with E-state index in [0.29, 0.717) is 5.82 Å². The molecule has 0 spiro atoms. The van der Waals surface area contributed by atoms with Crippen molar-refractivity contribution in [2.75, 3.05) is 0 Å². The van der Waals surface area contributed by atoms with Crippen molar-refractivity contribution in [3.63, 3.8) is 0 Å². The van der Waals surface area contributed by atoms with Gasteiger partial charge in [0.05, 0.1) is 11.4 Å². The van der Waals surface area contributed by atoms with Crippen molar-refractivity contribution >= 4 is 0 Å². The average Bonchev–Trinajstić information content (AvgIpc) is 2.93. The summed E-state index contributed by atoms with van der Waals surface area (Å²) in [6.45, 7) is 2.09. The van der Waals surface area contributed by atoms with Crippen LogP contribution in [0.2, 0.25) is 0 Å². The van der Waals surface area contributed by atoms with Crippen LogP contribution in [0.3, 0.4) is 0 Å². The molecule has 1 aromatic carbocycles. The molecule has 3 aromatic rings. The lowest BCUT2D eigenvalue weighted by Gasteiger charge is -2.01. The van der Waals surface area contributed by atoms with Gasteiger partial charge >= 0.3 is 0 Å². The molecule has 0 aliphatic carbocycles. The zero-order valence-electron chi connectivity index (χ0n) is 11.6. The summed E-state index contributed by atoms with van der Waals surface area (Å²) in [4.78, 5) is 16.2. The number of pyridine rings is 1. The fraction of sp³-hybridized carbons (Fsp3) is 0.125. The maximum Gasteiger partial charge on any atom is 0.139 e. The summed E-state index contributed by atoms with van der Waals surface area (Å²) in [5, 5.41) is 8.75. The van der Waals surface area contributed by atoms with Crippen molar-refractivity contribution in [1.29, 1.82) is 0 Å². The van der Waals surface area contributed by atoms with Crippen LogP contribution in [-0.4, -0.2) is 20.2 Å². The van der Waals surface area contributed by atoms with Gasteiger partial charge in [-0.05, 0) is 19.1 Å². The standard InChI is InChI=1S/C16H15N3O2/c1-11-4-6-12(7-5-11)15-14(10-21-20)18-16(19-15)13-3-2-8-17-9-13/h2-9,20H,10H2,1H3,(H,18,19). The first kappa shape index (κ1) is 13.5. The smallest absolute Gasteiger partial charge is 0.139 e. The summed E-state index contributed by atoms with van der Waals surface area (Å²) in [6, 6.07) is 11.8. The third kappa shape index (κ3) is 2.84. The fourth-order valence-electron chi connectivity index (χ4n) is 2.17. The molecule has 2 aromatic heterocycles. The van der Waals surface area contributed by atoms with Gasteiger partial charge in [-0.1, -0.05) is 29.8 Å². The monoisotopic (exact) mass is 281 g/mol. The first-order valence-electron chi connectivity index (χ1n) is 6.60. The largest absolute Gasteiger partial charge is 0.339 e. The third-order valence-electron chi connectivity index (χ3n) is 3.25. The summed E-state index contributed by atoms with van der Waals surface area (Å²) in [5.41, 5.74) is 4.53. The molecule has 5 heteroatoms. The van der Waals surface area contributed by atoms with Gasteiger partial charge in [-0.2, -0.15) is 0 Å². The first-order valence-corrected chi connectivity index (χ1v) is 6.60. The lowest BCUT2D eigenvalue weighted by Crippen LogP contribution is -1.91. The van der Waals surface area contributed by atoms with Crippen LogP contribution in [0.25, 0.3) is 22.6 Å². The van der Waals surface area contributed by atoms with Gasteiger partial charge in [0.1, 0.15) is 12.4 Å². The Balaban J connectivity index is 2.06. The van der Waals surface area contributed by atoms with E-state index < -0.39 is 0 Å². The van der Waals surface area contributed by atoms with Gasteiger partial charge in [-0.15, -0.1) is 0 Å². The van der Waals surface area contributed by atoms with Crippen molar-refractivity contribution in [2.45, 2.75) is 13.5 Å². The normalized spacial score (nSPS) is 10.8. The van der Waals surface area contributed by atoms with Crippen molar-refractivity contribution in [3.8, 4) is 22.6 Å². The van der Waals surface area contributed by atoms with E-state index in [-0.39, 0.29) is 6.61 Å². The molecule has 0 fully saturated rings. The summed E-state index contributed by atoms with van der Waals surface area (Å²) in [5.74, 6) is 0.700. The summed E-state index contributed by atoms with van der Waals surface area (Å²) in [6.07, 6.45) is 3.45. The minimum absolute atomic E-state index is 0.0521. The highest BCUT2D eigenvalue weighted by atomic mass is 17.1. The topological polar surface area (TPSA) is 71.0 Å². The first-order chi connectivity index (χ1) is 10.3. The summed E-state index contributed by atoms with van der Waals surface area (Å²) >= 11 is 0. The van der Waals surface area contributed by atoms with E-state index in [4.69, 9.17) is 5.26 Å². The number of aromatic nitrogens is 3. The molecule has 0 saturated heterocycles. The second-order valence-corrected chi connectivity index (χ2v) is 4.79. The van der Waals surface area contributed by atoms with Gasteiger partial charge in [-0.3, -0.25) is 10.2 Å². The maximum atomic E-state index is 8.75. The molecular weight excluding hydrogens is 266 g/mol. The molecule has 2 heterocycles. The van der Waals surface area contributed by atoms with Crippen LogP contribution < -0.4 is 0 Å². The molecule has 0 atom stereocenters. The van der Waals surface area contributed by atoms with Crippen molar-refractivity contribution in [3.05, 3.63) is 60.0 Å². The van der Waals surface area contributed by atoms with Crippen molar-refractivity contribution in [2.24, 2.45) is 0 Å². The van der Waals surface area contributed by atoms with Crippen LogP contribution in [-0.2, 0) is 11.5 Å². The van der Waals surface area contributed by atoms with Crippen LogP contribution in [0, 0.1) is 6.92 Å². The Morgan fingerprint density at radius 2 is 1.95 bits per heavy atom. The number of hydrogen-bond donors (Lipinski definition) is 2. The Bertz CT molecular complexity index is 721. The molecule has 0 unspecified atom stereocenters. The number of H-pyrrole nitrogens is 1. The Morgan fingerprint density at radius 1 is 1.14 bits per heavy atom. The van der Waals surface area contributed by atoms with Crippen molar-refractivity contribution < 1.29 is 10.1 Å². The lowest BCUT2D eigenvalue weighted by molar-refractivity contribution is -0.253. The number of imidazole rings is 1. The van der Waals surface area contributed by atoms with Gasteiger partial charge in [0.2, 0.25) is 0 Å². The molecule has 21 heavy (non-hydrogen) atoms. The van der Waals surface area contributed by atoms with Crippen LogP contribution in [0.1, 0.15) is 11.3 Å². The third-order valence-corrected chi connectivity index (χ3v) is 3.25. The minimum atomic E-state index is 0.0521. The zero-order valence-corrected chi connectivity index (χ0v) is 11.6. The highest BCUT2D eigenvalue weighted by molar-refractivity contribution is 5.67. The summed E-state index contributed by atoms with van der Waals surface area (Å²) in [7, 11) is 0. The van der Waals surface area contributed by atoms with Crippen LogP contribution in [0.4, 0.5) is 0 Å². The molecular formula is C16H15N3O2. The van der Waals surface area contributed by atoms with Crippen molar-refractivity contribution in [1.82, 2.24) is 15.0 Å². The SMILES string of the molecule is Cc1ccc(-c2nc(-c3cccnc3)[nH]c2COO)cc1. The number of aryl methyl sites for hydroxylation is 1. The molecule has 5 nitrogen and oxygen atoms in total. The van der Waals surface area contributed by atoms with Crippen LogP contribution >= 0.6 is 0 Å². The molecule has 0 amide bonds. The molecule has 0 radical (unpaired) electrons. The van der Waals surface area contributed by atoms with E-state index in [0.717, 1.165) is 22.5 Å². The van der Waals surface area contributed by atoms with Gasteiger partial charge in [-0.25, -0.2) is 9.87 Å². The van der Waals surface area contributed by atoms with E-state index in [1.165, 1.54) is 5.56 Å².